The quantitative estimate of drug-likeness (QED) is 0.820. The van der Waals surface area contributed by atoms with Crippen LogP contribution >= 0.6 is 23.2 Å². The van der Waals surface area contributed by atoms with E-state index < -0.39 is 0 Å². The van der Waals surface area contributed by atoms with Crippen LogP contribution < -0.4 is 5.32 Å². The summed E-state index contributed by atoms with van der Waals surface area (Å²) in [5.41, 5.74) is 1.57. The second-order valence-electron chi connectivity index (χ2n) is 3.86. The maximum atomic E-state index is 11.7. The van der Waals surface area contributed by atoms with E-state index in [1.807, 2.05) is 30.3 Å². The van der Waals surface area contributed by atoms with Crippen LogP contribution in [0.1, 0.15) is 5.56 Å². The molecule has 0 fully saturated rings. The third-order valence-electron chi connectivity index (χ3n) is 2.41. The molecule has 0 spiro atoms. The molecule has 96 valence electrons. The Bertz CT molecular complexity index is 609. The van der Waals surface area contributed by atoms with Gasteiger partial charge in [0.2, 0.25) is 5.91 Å². The maximum Gasteiger partial charge on any atom is 0.248 e. The molecule has 0 radical (unpaired) electrons. The molecule has 0 aliphatic heterocycles. The van der Waals surface area contributed by atoms with Crippen LogP contribution in [0, 0.1) is 0 Å². The SMILES string of the molecule is O=C(/C=C\c1ccc(Cl)c(Cl)c1)Nc1ccccc1. The molecule has 2 rings (SSSR count). The second kappa shape index (κ2) is 6.41. The smallest absolute Gasteiger partial charge is 0.248 e. The summed E-state index contributed by atoms with van der Waals surface area (Å²) in [5, 5.41) is 3.71. The molecule has 0 unspecified atom stereocenters. The number of halogens is 2. The minimum Gasteiger partial charge on any atom is -0.323 e. The van der Waals surface area contributed by atoms with Crippen molar-refractivity contribution in [3.8, 4) is 0 Å². The van der Waals surface area contributed by atoms with Crippen molar-refractivity contribution in [3.05, 3.63) is 70.2 Å². The van der Waals surface area contributed by atoms with Crippen LogP contribution in [0.2, 0.25) is 10.0 Å². The summed E-state index contributed by atoms with van der Waals surface area (Å²) in [6.45, 7) is 0. The first kappa shape index (κ1) is 13.7. The molecular formula is C15H11Cl2NO. The van der Waals surface area contributed by atoms with Crippen LogP contribution in [0.3, 0.4) is 0 Å². The Morgan fingerprint density at radius 2 is 1.74 bits per heavy atom. The van der Waals surface area contributed by atoms with E-state index in [1.54, 1.807) is 24.3 Å². The zero-order chi connectivity index (χ0) is 13.7. The molecule has 2 aromatic rings. The van der Waals surface area contributed by atoms with Crippen molar-refractivity contribution in [2.75, 3.05) is 5.32 Å². The lowest BCUT2D eigenvalue weighted by atomic mass is 10.2. The summed E-state index contributed by atoms with van der Waals surface area (Å²) in [5.74, 6) is -0.197. The molecule has 1 amide bonds. The van der Waals surface area contributed by atoms with Gasteiger partial charge in [0.1, 0.15) is 0 Å². The predicted molar refractivity (Wildman–Crippen MR) is 80.6 cm³/mol. The van der Waals surface area contributed by atoms with E-state index in [-0.39, 0.29) is 5.91 Å². The number of rotatable bonds is 3. The molecule has 0 saturated heterocycles. The van der Waals surface area contributed by atoms with Crippen LogP contribution in [0.15, 0.2) is 54.6 Å². The summed E-state index contributed by atoms with van der Waals surface area (Å²) in [6, 6.07) is 14.4. The van der Waals surface area contributed by atoms with Crippen LogP contribution in [0.4, 0.5) is 5.69 Å². The lowest BCUT2D eigenvalue weighted by Gasteiger charge is -2.01. The van der Waals surface area contributed by atoms with Crippen molar-refractivity contribution in [1.29, 1.82) is 0 Å². The van der Waals surface area contributed by atoms with Gasteiger partial charge in [-0.05, 0) is 35.9 Å². The van der Waals surface area contributed by atoms with Crippen LogP contribution in [0.5, 0.6) is 0 Å². The molecule has 0 saturated carbocycles. The van der Waals surface area contributed by atoms with Gasteiger partial charge in [-0.3, -0.25) is 4.79 Å². The van der Waals surface area contributed by atoms with Gasteiger partial charge in [0, 0.05) is 11.8 Å². The average Bonchev–Trinajstić information content (AvgIpc) is 2.41. The Hall–Kier alpha value is -1.77. The number of anilines is 1. The van der Waals surface area contributed by atoms with Crippen molar-refractivity contribution in [2.24, 2.45) is 0 Å². The van der Waals surface area contributed by atoms with E-state index in [0.717, 1.165) is 11.3 Å². The first-order valence-corrected chi connectivity index (χ1v) is 6.40. The summed E-state index contributed by atoms with van der Waals surface area (Å²) < 4.78 is 0. The standard InChI is InChI=1S/C15H11Cl2NO/c16-13-8-6-11(10-14(13)17)7-9-15(19)18-12-4-2-1-3-5-12/h1-10H,(H,18,19)/b9-7-. The van der Waals surface area contributed by atoms with Gasteiger partial charge < -0.3 is 5.32 Å². The van der Waals surface area contributed by atoms with Gasteiger partial charge in [0.15, 0.2) is 0 Å². The van der Waals surface area contributed by atoms with Gasteiger partial charge in [-0.2, -0.15) is 0 Å². The fourth-order valence-corrected chi connectivity index (χ4v) is 1.80. The van der Waals surface area contributed by atoms with Crippen molar-refractivity contribution >= 4 is 40.9 Å². The molecule has 2 aromatic carbocycles. The van der Waals surface area contributed by atoms with E-state index in [1.165, 1.54) is 6.08 Å². The van der Waals surface area contributed by atoms with E-state index in [4.69, 9.17) is 23.2 Å². The fraction of sp³-hybridized carbons (Fsp3) is 0. The highest BCUT2D eigenvalue weighted by atomic mass is 35.5. The van der Waals surface area contributed by atoms with Gasteiger partial charge in [-0.25, -0.2) is 0 Å². The van der Waals surface area contributed by atoms with Gasteiger partial charge in [0.05, 0.1) is 10.0 Å². The summed E-state index contributed by atoms with van der Waals surface area (Å²) >= 11 is 11.7. The van der Waals surface area contributed by atoms with Crippen molar-refractivity contribution in [2.45, 2.75) is 0 Å². The normalized spacial score (nSPS) is 10.6. The number of hydrogen-bond acceptors (Lipinski definition) is 1. The Labute approximate surface area is 121 Å². The molecule has 19 heavy (non-hydrogen) atoms. The Kier molecular flexibility index (Phi) is 4.61. The minimum absolute atomic E-state index is 0.197. The number of amides is 1. The van der Waals surface area contributed by atoms with E-state index in [0.29, 0.717) is 10.0 Å². The van der Waals surface area contributed by atoms with Crippen LogP contribution in [-0.4, -0.2) is 5.91 Å². The van der Waals surface area contributed by atoms with Gasteiger partial charge in [-0.15, -0.1) is 0 Å². The molecule has 0 atom stereocenters. The molecule has 0 aliphatic rings. The predicted octanol–water partition coefficient (Wildman–Crippen LogP) is 4.65. The second-order valence-corrected chi connectivity index (χ2v) is 4.68. The van der Waals surface area contributed by atoms with Gasteiger partial charge >= 0.3 is 0 Å². The van der Waals surface area contributed by atoms with E-state index >= 15 is 0 Å². The maximum absolute atomic E-state index is 11.7. The lowest BCUT2D eigenvalue weighted by Crippen LogP contribution is -2.07. The highest BCUT2D eigenvalue weighted by molar-refractivity contribution is 6.42. The van der Waals surface area contributed by atoms with Crippen LogP contribution in [-0.2, 0) is 4.79 Å². The number of carbonyl (C=O) groups is 1. The third kappa shape index (κ3) is 4.12. The third-order valence-corrected chi connectivity index (χ3v) is 3.15. The number of nitrogens with one attached hydrogen (secondary N) is 1. The summed E-state index contributed by atoms with van der Waals surface area (Å²) in [6.07, 6.45) is 3.13. The highest BCUT2D eigenvalue weighted by Crippen LogP contribution is 2.23. The minimum atomic E-state index is -0.197. The molecule has 0 heterocycles. The molecule has 4 heteroatoms. The molecular weight excluding hydrogens is 281 g/mol. The first-order valence-electron chi connectivity index (χ1n) is 5.64. The van der Waals surface area contributed by atoms with Gasteiger partial charge in [0.25, 0.3) is 0 Å². The lowest BCUT2D eigenvalue weighted by molar-refractivity contribution is -0.111. The zero-order valence-electron chi connectivity index (χ0n) is 9.94. The zero-order valence-corrected chi connectivity index (χ0v) is 11.4. The van der Waals surface area contributed by atoms with Crippen molar-refractivity contribution < 1.29 is 4.79 Å². The summed E-state index contributed by atoms with van der Waals surface area (Å²) in [7, 11) is 0. The number of benzene rings is 2. The Morgan fingerprint density at radius 3 is 2.42 bits per heavy atom. The average molecular weight is 292 g/mol. The molecule has 0 bridgehead atoms. The molecule has 0 aromatic heterocycles. The largest absolute Gasteiger partial charge is 0.323 e. The topological polar surface area (TPSA) is 29.1 Å². The number of para-hydroxylation sites is 1. The molecule has 0 aliphatic carbocycles. The fourth-order valence-electron chi connectivity index (χ4n) is 1.49. The summed E-state index contributed by atoms with van der Waals surface area (Å²) in [4.78, 5) is 11.7. The Balaban J connectivity index is 2.02. The number of carbonyl (C=O) groups excluding carboxylic acids is 1. The monoisotopic (exact) mass is 291 g/mol. The Morgan fingerprint density at radius 1 is 1.00 bits per heavy atom. The first-order chi connectivity index (χ1) is 9.15. The van der Waals surface area contributed by atoms with Crippen LogP contribution in [0.25, 0.3) is 6.08 Å². The van der Waals surface area contributed by atoms with Crippen molar-refractivity contribution in [1.82, 2.24) is 0 Å². The molecule has 1 N–H and O–H groups in total. The molecule has 2 nitrogen and oxygen atoms in total. The van der Waals surface area contributed by atoms with E-state index in [9.17, 15) is 4.79 Å². The van der Waals surface area contributed by atoms with E-state index in [2.05, 4.69) is 5.32 Å². The highest BCUT2D eigenvalue weighted by Gasteiger charge is 1.99. The number of hydrogen-bond donors (Lipinski definition) is 1. The van der Waals surface area contributed by atoms with Gasteiger partial charge in [-0.1, -0.05) is 47.5 Å². The van der Waals surface area contributed by atoms with Crippen molar-refractivity contribution in [3.63, 3.8) is 0 Å².